The van der Waals surface area contributed by atoms with Crippen LogP contribution in [0.25, 0.3) is 0 Å². The lowest BCUT2D eigenvalue weighted by Gasteiger charge is -2.44. The lowest BCUT2D eigenvalue weighted by atomic mass is 9.78. The molecule has 1 aromatic rings. The van der Waals surface area contributed by atoms with Crippen molar-refractivity contribution in [2.24, 2.45) is 11.7 Å². The van der Waals surface area contributed by atoms with Crippen LogP contribution in [-0.2, 0) is 0 Å². The molecule has 0 radical (unpaired) electrons. The highest BCUT2D eigenvalue weighted by molar-refractivity contribution is 5.93. The predicted octanol–water partition coefficient (Wildman–Crippen LogP) is 2.52. The van der Waals surface area contributed by atoms with Gasteiger partial charge in [-0.05, 0) is 43.7 Å². The predicted molar refractivity (Wildman–Crippen MR) is 77.6 cm³/mol. The maximum atomic E-state index is 7.52. The van der Waals surface area contributed by atoms with Crippen LogP contribution >= 0.6 is 0 Å². The number of anilines is 1. The standard InChI is InChI=1S/C15H22N4/c16-15(17)12-7-3-9-14(18-12)19-10-4-6-11-5-1-2-8-13(11)19/h3,7,9,11,13H,1-2,4-6,8,10H2,(H3,16,17). The smallest absolute Gasteiger partial charge is 0.141 e. The highest BCUT2D eigenvalue weighted by Crippen LogP contribution is 2.37. The van der Waals surface area contributed by atoms with E-state index < -0.39 is 0 Å². The number of nitrogens with zero attached hydrogens (tertiary/aromatic N) is 2. The third-order valence-electron chi connectivity index (χ3n) is 4.55. The molecule has 1 aromatic heterocycles. The van der Waals surface area contributed by atoms with Crippen LogP contribution in [0.5, 0.6) is 0 Å². The zero-order chi connectivity index (χ0) is 13.2. The zero-order valence-corrected chi connectivity index (χ0v) is 11.3. The van der Waals surface area contributed by atoms with Gasteiger partial charge in [-0.25, -0.2) is 4.98 Å². The topological polar surface area (TPSA) is 66.0 Å². The SMILES string of the molecule is N=C(N)c1cccc(N2CCCC3CCCCC32)n1. The van der Waals surface area contributed by atoms with Gasteiger partial charge in [0.1, 0.15) is 17.3 Å². The second kappa shape index (κ2) is 5.19. The quantitative estimate of drug-likeness (QED) is 0.633. The number of nitrogen functional groups attached to an aromatic ring is 1. The minimum atomic E-state index is 0.0547. The van der Waals surface area contributed by atoms with E-state index in [1.54, 1.807) is 0 Å². The number of amidine groups is 1. The molecule has 1 saturated heterocycles. The van der Waals surface area contributed by atoms with Crippen molar-refractivity contribution in [2.75, 3.05) is 11.4 Å². The van der Waals surface area contributed by atoms with Crippen LogP contribution in [0.2, 0.25) is 0 Å². The summed E-state index contributed by atoms with van der Waals surface area (Å²) in [6, 6.07) is 6.49. The van der Waals surface area contributed by atoms with Gasteiger partial charge < -0.3 is 10.6 Å². The second-order valence-corrected chi connectivity index (χ2v) is 5.74. The molecule has 0 bridgehead atoms. The van der Waals surface area contributed by atoms with Crippen molar-refractivity contribution in [3.63, 3.8) is 0 Å². The summed E-state index contributed by atoms with van der Waals surface area (Å²) >= 11 is 0. The Morgan fingerprint density at radius 1 is 1.21 bits per heavy atom. The molecule has 3 N–H and O–H groups in total. The van der Waals surface area contributed by atoms with Crippen molar-refractivity contribution in [3.05, 3.63) is 23.9 Å². The number of fused-ring (bicyclic) bond motifs is 1. The highest BCUT2D eigenvalue weighted by atomic mass is 15.2. The van der Waals surface area contributed by atoms with Gasteiger partial charge in [-0.15, -0.1) is 0 Å². The number of hydrogen-bond acceptors (Lipinski definition) is 3. The molecule has 2 fully saturated rings. The third-order valence-corrected chi connectivity index (χ3v) is 4.55. The Morgan fingerprint density at radius 3 is 2.84 bits per heavy atom. The van der Waals surface area contributed by atoms with Crippen LogP contribution in [0.15, 0.2) is 18.2 Å². The molecular formula is C15H22N4. The lowest BCUT2D eigenvalue weighted by Crippen LogP contribution is -2.47. The first kappa shape index (κ1) is 12.5. The Kier molecular flexibility index (Phi) is 3.40. The van der Waals surface area contributed by atoms with Gasteiger partial charge in [-0.2, -0.15) is 0 Å². The molecule has 0 amide bonds. The molecule has 4 heteroatoms. The number of hydrogen-bond donors (Lipinski definition) is 2. The van der Waals surface area contributed by atoms with E-state index in [0.717, 1.165) is 18.3 Å². The molecule has 2 unspecified atom stereocenters. The van der Waals surface area contributed by atoms with E-state index >= 15 is 0 Å². The molecular weight excluding hydrogens is 236 g/mol. The fourth-order valence-corrected chi connectivity index (χ4v) is 3.64. The molecule has 3 rings (SSSR count). The lowest BCUT2D eigenvalue weighted by molar-refractivity contribution is 0.243. The number of nitrogens with two attached hydrogens (primary N) is 1. The highest BCUT2D eigenvalue weighted by Gasteiger charge is 2.33. The number of piperidine rings is 1. The summed E-state index contributed by atoms with van der Waals surface area (Å²) < 4.78 is 0. The van der Waals surface area contributed by atoms with Gasteiger partial charge in [0.25, 0.3) is 0 Å². The maximum absolute atomic E-state index is 7.52. The van der Waals surface area contributed by atoms with Crippen molar-refractivity contribution >= 4 is 11.7 Å². The van der Waals surface area contributed by atoms with Crippen LogP contribution in [0, 0.1) is 11.3 Å². The Morgan fingerprint density at radius 2 is 2.00 bits per heavy atom. The monoisotopic (exact) mass is 258 g/mol. The van der Waals surface area contributed by atoms with E-state index in [-0.39, 0.29) is 5.84 Å². The van der Waals surface area contributed by atoms with Crippen LogP contribution in [0.1, 0.15) is 44.2 Å². The van der Waals surface area contributed by atoms with Gasteiger partial charge in [0.2, 0.25) is 0 Å². The summed E-state index contributed by atoms with van der Waals surface area (Å²) in [7, 11) is 0. The van der Waals surface area contributed by atoms with Gasteiger partial charge in [-0.1, -0.05) is 18.9 Å². The zero-order valence-electron chi connectivity index (χ0n) is 11.3. The first-order valence-corrected chi connectivity index (χ1v) is 7.34. The maximum Gasteiger partial charge on any atom is 0.141 e. The van der Waals surface area contributed by atoms with Gasteiger partial charge >= 0.3 is 0 Å². The van der Waals surface area contributed by atoms with Gasteiger partial charge in [-0.3, -0.25) is 5.41 Å². The van der Waals surface area contributed by atoms with E-state index in [4.69, 9.17) is 11.1 Å². The summed E-state index contributed by atoms with van der Waals surface area (Å²) in [6.45, 7) is 1.09. The summed E-state index contributed by atoms with van der Waals surface area (Å²) in [5.74, 6) is 1.90. The number of nitrogens with one attached hydrogen (secondary N) is 1. The molecule has 102 valence electrons. The summed E-state index contributed by atoms with van der Waals surface area (Å²) in [4.78, 5) is 7.02. The first-order valence-electron chi connectivity index (χ1n) is 7.34. The first-order chi connectivity index (χ1) is 9.25. The van der Waals surface area contributed by atoms with E-state index in [1.807, 2.05) is 12.1 Å². The summed E-state index contributed by atoms with van der Waals surface area (Å²) in [5.41, 5.74) is 6.14. The number of aromatic nitrogens is 1. The molecule has 0 spiro atoms. The van der Waals surface area contributed by atoms with E-state index in [0.29, 0.717) is 11.7 Å². The minimum absolute atomic E-state index is 0.0547. The molecule has 1 aliphatic heterocycles. The number of rotatable bonds is 2. The Bertz CT molecular complexity index is 469. The van der Waals surface area contributed by atoms with E-state index in [9.17, 15) is 0 Å². The Balaban J connectivity index is 1.87. The van der Waals surface area contributed by atoms with Crippen LogP contribution in [0.3, 0.4) is 0 Å². The Labute approximate surface area is 114 Å². The molecule has 1 aliphatic carbocycles. The summed E-state index contributed by atoms with van der Waals surface area (Å²) in [5, 5.41) is 7.52. The van der Waals surface area contributed by atoms with Crippen molar-refractivity contribution in [3.8, 4) is 0 Å². The van der Waals surface area contributed by atoms with Crippen molar-refractivity contribution in [1.29, 1.82) is 5.41 Å². The van der Waals surface area contributed by atoms with Crippen LogP contribution in [0.4, 0.5) is 5.82 Å². The fraction of sp³-hybridized carbons (Fsp3) is 0.600. The van der Waals surface area contributed by atoms with E-state index in [2.05, 4.69) is 16.0 Å². The molecule has 2 atom stereocenters. The fourth-order valence-electron chi connectivity index (χ4n) is 3.64. The molecule has 19 heavy (non-hydrogen) atoms. The molecule has 1 saturated carbocycles. The van der Waals surface area contributed by atoms with Crippen molar-refractivity contribution < 1.29 is 0 Å². The minimum Gasteiger partial charge on any atom is -0.382 e. The molecule has 0 aromatic carbocycles. The van der Waals surface area contributed by atoms with Crippen molar-refractivity contribution in [2.45, 2.75) is 44.6 Å². The second-order valence-electron chi connectivity index (χ2n) is 5.74. The average molecular weight is 258 g/mol. The third kappa shape index (κ3) is 2.44. The van der Waals surface area contributed by atoms with Crippen molar-refractivity contribution in [1.82, 2.24) is 4.98 Å². The molecule has 4 nitrogen and oxygen atoms in total. The van der Waals surface area contributed by atoms with E-state index in [1.165, 1.54) is 38.5 Å². The van der Waals surface area contributed by atoms with Gasteiger partial charge in [0.15, 0.2) is 0 Å². The average Bonchev–Trinajstić information content (AvgIpc) is 2.47. The van der Waals surface area contributed by atoms with Gasteiger partial charge in [0.05, 0.1) is 0 Å². The largest absolute Gasteiger partial charge is 0.382 e. The number of pyridine rings is 1. The van der Waals surface area contributed by atoms with Gasteiger partial charge in [0, 0.05) is 12.6 Å². The molecule has 2 aliphatic rings. The summed E-state index contributed by atoms with van der Waals surface area (Å²) in [6.07, 6.45) is 8.00. The molecule has 2 heterocycles. The van der Waals surface area contributed by atoms with Crippen LogP contribution in [-0.4, -0.2) is 23.4 Å². The van der Waals surface area contributed by atoms with Crippen LogP contribution < -0.4 is 10.6 Å². The normalized spacial score (nSPS) is 26.8. The Hall–Kier alpha value is -1.58.